The number of hydrogen-bond acceptors (Lipinski definition) is 3. The Balaban J connectivity index is 2.30. The van der Waals surface area contributed by atoms with Crippen LogP contribution < -0.4 is 0 Å². The van der Waals surface area contributed by atoms with E-state index in [0.29, 0.717) is 0 Å². The summed E-state index contributed by atoms with van der Waals surface area (Å²) < 4.78 is 0. The zero-order valence-electron chi connectivity index (χ0n) is 7.38. The van der Waals surface area contributed by atoms with Gasteiger partial charge in [0, 0.05) is 0 Å². The van der Waals surface area contributed by atoms with E-state index in [-0.39, 0.29) is 6.23 Å². The van der Waals surface area contributed by atoms with Crippen LogP contribution in [0, 0.1) is 0 Å². The molecule has 0 spiro atoms. The molecule has 0 aromatic heterocycles. The first-order chi connectivity index (χ1) is 5.38. The van der Waals surface area contributed by atoms with Gasteiger partial charge in [0.1, 0.15) is 6.23 Å². The highest BCUT2D eigenvalue weighted by Crippen LogP contribution is 2.13. The Morgan fingerprint density at radius 1 is 1.36 bits per heavy atom. The molecule has 0 aromatic carbocycles. The lowest BCUT2D eigenvalue weighted by molar-refractivity contribution is -0.371. The van der Waals surface area contributed by atoms with E-state index in [1.54, 1.807) is 0 Å². The number of nitrogens with zero attached hydrogens (tertiary/aromatic N) is 1. The molecule has 0 saturated carbocycles. The zero-order valence-corrected chi connectivity index (χ0v) is 7.38. The summed E-state index contributed by atoms with van der Waals surface area (Å²) in [5, 5.41) is 0. The molecule has 0 radical (unpaired) electrons. The minimum absolute atomic E-state index is 0.193. The maximum Gasteiger partial charge on any atom is 0.146 e. The SMILES string of the molecule is CCN(CC)C1CCCOO1. The van der Waals surface area contributed by atoms with Gasteiger partial charge in [-0.1, -0.05) is 13.8 Å². The van der Waals surface area contributed by atoms with E-state index in [0.717, 1.165) is 32.5 Å². The van der Waals surface area contributed by atoms with Gasteiger partial charge in [0.2, 0.25) is 0 Å². The van der Waals surface area contributed by atoms with Gasteiger partial charge in [-0.3, -0.25) is 4.90 Å². The predicted octanol–water partition coefficient (Wildman–Crippen LogP) is 1.40. The van der Waals surface area contributed by atoms with Crippen molar-refractivity contribution in [3.05, 3.63) is 0 Å². The Labute approximate surface area is 68.2 Å². The summed E-state index contributed by atoms with van der Waals surface area (Å²) in [7, 11) is 0. The van der Waals surface area contributed by atoms with Crippen LogP contribution in [0.1, 0.15) is 26.7 Å². The van der Waals surface area contributed by atoms with Crippen molar-refractivity contribution in [1.82, 2.24) is 4.90 Å². The molecular formula is C8H17NO2. The molecule has 0 N–H and O–H groups in total. The van der Waals surface area contributed by atoms with Crippen LogP contribution in [0.25, 0.3) is 0 Å². The summed E-state index contributed by atoms with van der Waals surface area (Å²) in [5.41, 5.74) is 0. The van der Waals surface area contributed by atoms with Gasteiger partial charge in [0.25, 0.3) is 0 Å². The van der Waals surface area contributed by atoms with E-state index >= 15 is 0 Å². The quantitative estimate of drug-likeness (QED) is 0.581. The van der Waals surface area contributed by atoms with Crippen molar-refractivity contribution < 1.29 is 9.78 Å². The maximum absolute atomic E-state index is 5.15. The fourth-order valence-corrected chi connectivity index (χ4v) is 1.37. The molecule has 0 amide bonds. The third-order valence-electron chi connectivity index (χ3n) is 2.08. The maximum atomic E-state index is 5.15. The van der Waals surface area contributed by atoms with Crippen molar-refractivity contribution in [2.45, 2.75) is 32.9 Å². The summed E-state index contributed by atoms with van der Waals surface area (Å²) in [6.45, 7) is 7.09. The Hall–Kier alpha value is -0.120. The first kappa shape index (κ1) is 8.97. The van der Waals surface area contributed by atoms with E-state index in [1.807, 2.05) is 0 Å². The minimum atomic E-state index is 0.193. The Bertz CT molecular complexity index is 98.3. The highest BCUT2D eigenvalue weighted by molar-refractivity contribution is 4.60. The summed E-state index contributed by atoms with van der Waals surface area (Å²) in [6.07, 6.45) is 2.40. The molecule has 1 aliphatic rings. The van der Waals surface area contributed by atoms with Crippen LogP contribution in [0.3, 0.4) is 0 Å². The summed E-state index contributed by atoms with van der Waals surface area (Å²) in [6, 6.07) is 0. The lowest BCUT2D eigenvalue weighted by Gasteiger charge is -2.30. The van der Waals surface area contributed by atoms with Gasteiger partial charge < -0.3 is 0 Å². The van der Waals surface area contributed by atoms with E-state index in [1.165, 1.54) is 0 Å². The minimum Gasteiger partial charge on any atom is -0.276 e. The molecule has 3 nitrogen and oxygen atoms in total. The Morgan fingerprint density at radius 2 is 2.09 bits per heavy atom. The van der Waals surface area contributed by atoms with E-state index in [4.69, 9.17) is 9.78 Å². The largest absolute Gasteiger partial charge is 0.276 e. The molecule has 66 valence electrons. The monoisotopic (exact) mass is 159 g/mol. The highest BCUT2D eigenvalue weighted by atomic mass is 17.2. The van der Waals surface area contributed by atoms with E-state index < -0.39 is 0 Å². The smallest absolute Gasteiger partial charge is 0.146 e. The standard InChI is InChI=1S/C8H17NO2/c1-3-9(4-2)8-6-5-7-10-11-8/h8H,3-7H2,1-2H3. The molecule has 1 atom stereocenters. The van der Waals surface area contributed by atoms with Gasteiger partial charge in [-0.25, -0.2) is 9.78 Å². The van der Waals surface area contributed by atoms with E-state index in [9.17, 15) is 0 Å². The molecule has 3 heteroatoms. The van der Waals surface area contributed by atoms with Crippen LogP contribution >= 0.6 is 0 Å². The second kappa shape index (κ2) is 4.70. The van der Waals surface area contributed by atoms with Crippen LogP contribution in [0.15, 0.2) is 0 Å². The fraction of sp³-hybridized carbons (Fsp3) is 1.00. The van der Waals surface area contributed by atoms with Crippen molar-refractivity contribution in [1.29, 1.82) is 0 Å². The number of rotatable bonds is 3. The van der Waals surface area contributed by atoms with Crippen LogP contribution in [0.5, 0.6) is 0 Å². The molecule has 1 saturated heterocycles. The third-order valence-corrected chi connectivity index (χ3v) is 2.08. The molecule has 0 aromatic rings. The Kier molecular flexibility index (Phi) is 3.83. The second-order valence-electron chi connectivity index (χ2n) is 2.74. The van der Waals surface area contributed by atoms with Gasteiger partial charge in [-0.15, -0.1) is 0 Å². The lowest BCUT2D eigenvalue weighted by atomic mass is 10.2. The fourth-order valence-electron chi connectivity index (χ4n) is 1.37. The van der Waals surface area contributed by atoms with E-state index in [2.05, 4.69) is 18.7 Å². The second-order valence-corrected chi connectivity index (χ2v) is 2.74. The van der Waals surface area contributed by atoms with Gasteiger partial charge in [0.15, 0.2) is 0 Å². The first-order valence-electron chi connectivity index (χ1n) is 4.40. The zero-order chi connectivity index (χ0) is 8.10. The first-order valence-corrected chi connectivity index (χ1v) is 4.40. The Morgan fingerprint density at radius 3 is 2.55 bits per heavy atom. The molecule has 1 heterocycles. The topological polar surface area (TPSA) is 21.7 Å². The lowest BCUT2D eigenvalue weighted by Crippen LogP contribution is -2.39. The molecule has 11 heavy (non-hydrogen) atoms. The summed E-state index contributed by atoms with van der Waals surface area (Å²) in [5.74, 6) is 0. The van der Waals surface area contributed by atoms with Crippen LogP contribution in [0.2, 0.25) is 0 Å². The van der Waals surface area contributed by atoms with Gasteiger partial charge in [-0.2, -0.15) is 0 Å². The normalized spacial score (nSPS) is 25.9. The van der Waals surface area contributed by atoms with Crippen LogP contribution in [-0.2, 0) is 9.78 Å². The van der Waals surface area contributed by atoms with Crippen LogP contribution in [0.4, 0.5) is 0 Å². The van der Waals surface area contributed by atoms with Crippen molar-refractivity contribution in [2.24, 2.45) is 0 Å². The van der Waals surface area contributed by atoms with Crippen LogP contribution in [-0.4, -0.2) is 30.8 Å². The predicted molar refractivity (Wildman–Crippen MR) is 43.0 cm³/mol. The van der Waals surface area contributed by atoms with Crippen molar-refractivity contribution in [2.75, 3.05) is 19.7 Å². The molecule has 0 aliphatic carbocycles. The third kappa shape index (κ3) is 2.43. The molecule has 1 aliphatic heterocycles. The summed E-state index contributed by atoms with van der Waals surface area (Å²) >= 11 is 0. The molecule has 1 unspecified atom stereocenters. The summed E-state index contributed by atoms with van der Waals surface area (Å²) in [4.78, 5) is 12.3. The van der Waals surface area contributed by atoms with Crippen molar-refractivity contribution >= 4 is 0 Å². The highest BCUT2D eigenvalue weighted by Gasteiger charge is 2.19. The average molecular weight is 159 g/mol. The van der Waals surface area contributed by atoms with Crippen molar-refractivity contribution in [3.8, 4) is 0 Å². The molecular weight excluding hydrogens is 142 g/mol. The average Bonchev–Trinajstić information content (AvgIpc) is 2.09. The van der Waals surface area contributed by atoms with Crippen molar-refractivity contribution in [3.63, 3.8) is 0 Å². The molecule has 1 fully saturated rings. The van der Waals surface area contributed by atoms with Gasteiger partial charge >= 0.3 is 0 Å². The van der Waals surface area contributed by atoms with Gasteiger partial charge in [0.05, 0.1) is 6.61 Å². The van der Waals surface area contributed by atoms with Gasteiger partial charge in [-0.05, 0) is 25.9 Å². The molecule has 1 rings (SSSR count). The number of hydrogen-bond donors (Lipinski definition) is 0. The molecule has 0 bridgehead atoms.